The highest BCUT2D eigenvalue weighted by atomic mass is 16.2. The molecule has 4 aromatic rings. The number of benzene rings is 4. The van der Waals surface area contributed by atoms with Crippen molar-refractivity contribution in [3.63, 3.8) is 0 Å². The van der Waals surface area contributed by atoms with Crippen molar-refractivity contribution in [2.45, 2.75) is 98.3 Å². The number of carbonyl (C=O) groups is 2. The number of carbonyl (C=O) groups excluding carboxylic acids is 4. The average molecular weight is 803 g/mol. The van der Waals surface area contributed by atoms with E-state index >= 15 is 0 Å². The molecule has 0 bridgehead atoms. The highest BCUT2D eigenvalue weighted by Crippen LogP contribution is 2.20. The molecule has 2 N–H and O–H groups in total. The minimum absolute atomic E-state index is 0.0105. The van der Waals surface area contributed by atoms with Crippen LogP contribution in [0.15, 0.2) is 107 Å². The lowest BCUT2D eigenvalue weighted by molar-refractivity contribution is 0.198. The Bertz CT molecular complexity index is 1870. The third-order valence-corrected chi connectivity index (χ3v) is 9.53. The lowest BCUT2D eigenvalue weighted by atomic mass is 9.97. The lowest BCUT2D eigenvalue weighted by Crippen LogP contribution is -2.39. The second-order valence-electron chi connectivity index (χ2n) is 14.4. The third-order valence-electron chi connectivity index (χ3n) is 9.53. The molecule has 0 aliphatic rings. The summed E-state index contributed by atoms with van der Waals surface area (Å²) in [7, 11) is 3.07. The summed E-state index contributed by atoms with van der Waals surface area (Å²) in [5.41, 5.74) is 8.92. The molecule has 0 spiro atoms. The summed E-state index contributed by atoms with van der Waals surface area (Å²) in [5, 5.41) is 5.75. The number of amides is 4. The van der Waals surface area contributed by atoms with E-state index in [1.165, 1.54) is 46.5 Å². The van der Waals surface area contributed by atoms with Gasteiger partial charge in [-0.1, -0.05) is 126 Å². The summed E-state index contributed by atoms with van der Waals surface area (Å²) in [6.45, 7) is 12.0. The zero-order chi connectivity index (χ0) is 43.1. The second kappa shape index (κ2) is 30.3. The summed E-state index contributed by atoms with van der Waals surface area (Å²) in [4.78, 5) is 53.9. The fraction of sp³-hybridized carbons (Fsp3) is 0.429. The number of hydrogen-bond acceptors (Lipinski definition) is 6. The number of anilines is 1. The maximum Gasteiger partial charge on any atom is 0.321 e. The fourth-order valence-corrected chi connectivity index (χ4v) is 6.24. The molecule has 0 aliphatic carbocycles. The van der Waals surface area contributed by atoms with E-state index in [1.807, 2.05) is 46.2 Å². The van der Waals surface area contributed by atoms with E-state index < -0.39 is 0 Å². The van der Waals surface area contributed by atoms with Crippen LogP contribution >= 0.6 is 0 Å². The van der Waals surface area contributed by atoms with E-state index in [-0.39, 0.29) is 12.1 Å². The number of rotatable bonds is 20. The number of hydrogen-bond donors (Lipinski definition) is 2. The zero-order valence-electron chi connectivity index (χ0n) is 36.3. The quantitative estimate of drug-likeness (QED) is 0.0682. The van der Waals surface area contributed by atoms with Crippen molar-refractivity contribution >= 4 is 35.6 Å². The topological polar surface area (TPSA) is 124 Å². The number of nitrogens with zero attached hydrogens (tertiary/aromatic N) is 4. The van der Waals surface area contributed by atoms with Gasteiger partial charge in [0.05, 0.1) is 5.69 Å². The Hall–Kier alpha value is -5.82. The molecule has 10 nitrogen and oxygen atoms in total. The number of unbranched alkanes of at least 4 members (excludes halogenated alkanes) is 4. The first kappa shape index (κ1) is 49.3. The van der Waals surface area contributed by atoms with Crippen LogP contribution in [0.25, 0.3) is 0 Å². The molecular weight excluding hydrogens is 737 g/mol. The number of nitrogens with one attached hydrogen (secondary N) is 2. The first-order valence-corrected chi connectivity index (χ1v) is 21.1. The van der Waals surface area contributed by atoms with Crippen molar-refractivity contribution in [1.82, 2.24) is 15.1 Å². The molecular formula is C49H66N6O4. The summed E-state index contributed by atoms with van der Waals surface area (Å²) in [6.07, 6.45) is 14.1. The second-order valence-corrected chi connectivity index (χ2v) is 14.4. The van der Waals surface area contributed by atoms with E-state index in [1.54, 1.807) is 13.1 Å². The van der Waals surface area contributed by atoms with E-state index in [0.717, 1.165) is 102 Å². The predicted octanol–water partition coefficient (Wildman–Crippen LogP) is 11.0. The standard InChI is InChI=1S/C37H41N3O2.C10H22N2O.C2H3NO/c1-3-5-21-40(22-6-4-2)37(42)39-36-19-15-30(16-20-36)24-32-10-8-12-34(26-32)27-33-11-7-9-31(25-33)23-29-13-17-35(18-14-29)38-28-41;1-4-6-8-12(9-7-5-2)10(13)11-3;1-3-2-4/h7-20,25-26H,3-6,21-24,27H2,1-2H3,(H,39,42);4-9H2,1-3H3,(H,11,13);1H3. The number of isocyanates is 2. The number of urea groups is 2. The Kier molecular flexibility index (Phi) is 25.3. The Morgan fingerprint density at radius 1 is 0.542 bits per heavy atom. The summed E-state index contributed by atoms with van der Waals surface area (Å²) in [6, 6.07) is 33.4. The first-order valence-electron chi connectivity index (χ1n) is 21.1. The maximum absolute atomic E-state index is 12.8. The molecule has 0 atom stereocenters. The van der Waals surface area contributed by atoms with Crippen molar-refractivity contribution < 1.29 is 19.2 Å². The monoisotopic (exact) mass is 803 g/mol. The highest BCUT2D eigenvalue weighted by Gasteiger charge is 2.13. The first-order chi connectivity index (χ1) is 28.7. The Balaban J connectivity index is 0.000000592. The normalized spacial score (nSPS) is 10.0. The van der Waals surface area contributed by atoms with Crippen molar-refractivity contribution in [2.75, 3.05) is 45.6 Å². The van der Waals surface area contributed by atoms with Gasteiger partial charge in [0.25, 0.3) is 0 Å². The van der Waals surface area contributed by atoms with Crippen LogP contribution in [-0.2, 0) is 28.9 Å². The van der Waals surface area contributed by atoms with Gasteiger partial charge in [-0.05, 0) is 103 Å². The van der Waals surface area contributed by atoms with Crippen LogP contribution < -0.4 is 10.6 Å². The average Bonchev–Trinajstić information content (AvgIpc) is 3.25. The Morgan fingerprint density at radius 2 is 0.915 bits per heavy atom. The van der Waals surface area contributed by atoms with Gasteiger partial charge in [-0.15, -0.1) is 0 Å². The minimum Gasteiger partial charge on any atom is -0.341 e. The molecule has 10 heteroatoms. The molecule has 0 saturated carbocycles. The van der Waals surface area contributed by atoms with Crippen molar-refractivity contribution in [3.05, 3.63) is 130 Å². The molecule has 4 rings (SSSR count). The molecule has 0 aromatic heterocycles. The van der Waals surface area contributed by atoms with Gasteiger partial charge >= 0.3 is 12.1 Å². The van der Waals surface area contributed by atoms with Gasteiger partial charge in [-0.2, -0.15) is 4.99 Å². The highest BCUT2D eigenvalue weighted by molar-refractivity contribution is 5.89. The molecule has 0 heterocycles. The van der Waals surface area contributed by atoms with Crippen LogP contribution in [0.1, 0.15) is 112 Å². The summed E-state index contributed by atoms with van der Waals surface area (Å²) in [5.74, 6) is 0. The molecule has 4 amide bonds. The van der Waals surface area contributed by atoms with Crippen LogP contribution in [-0.4, -0.2) is 74.3 Å². The molecule has 0 fully saturated rings. The Morgan fingerprint density at radius 3 is 1.27 bits per heavy atom. The van der Waals surface area contributed by atoms with Gasteiger partial charge < -0.3 is 20.4 Å². The zero-order valence-corrected chi connectivity index (χ0v) is 36.3. The summed E-state index contributed by atoms with van der Waals surface area (Å²) < 4.78 is 0. The van der Waals surface area contributed by atoms with E-state index in [2.05, 4.69) is 109 Å². The maximum atomic E-state index is 12.8. The van der Waals surface area contributed by atoms with Crippen LogP contribution in [0.4, 0.5) is 21.0 Å². The van der Waals surface area contributed by atoms with Gasteiger partial charge in [0.2, 0.25) is 12.2 Å². The van der Waals surface area contributed by atoms with Gasteiger partial charge in [0.15, 0.2) is 0 Å². The van der Waals surface area contributed by atoms with Gasteiger partial charge in [-0.25, -0.2) is 24.2 Å². The minimum atomic E-state index is -0.0105. The molecule has 0 saturated heterocycles. The van der Waals surface area contributed by atoms with Crippen molar-refractivity contribution in [3.8, 4) is 0 Å². The van der Waals surface area contributed by atoms with Crippen molar-refractivity contribution in [2.24, 2.45) is 9.98 Å². The molecule has 4 aromatic carbocycles. The van der Waals surface area contributed by atoms with E-state index in [0.29, 0.717) is 5.69 Å². The van der Waals surface area contributed by atoms with E-state index in [9.17, 15) is 14.4 Å². The van der Waals surface area contributed by atoms with Gasteiger partial charge in [-0.3, -0.25) is 0 Å². The van der Waals surface area contributed by atoms with Gasteiger partial charge in [0.1, 0.15) is 0 Å². The molecule has 0 unspecified atom stereocenters. The third kappa shape index (κ3) is 20.4. The molecule has 316 valence electrons. The van der Waals surface area contributed by atoms with Crippen LogP contribution in [0.3, 0.4) is 0 Å². The SMILES string of the molecule is CCCCN(CCCC)C(=O)NC.CCCCN(CCCC)C(=O)Nc1ccc(Cc2cccc(Cc3cccc(Cc4ccc(N=C=O)cc4)c3)c2)cc1.CN=C=O. The van der Waals surface area contributed by atoms with Gasteiger partial charge in [0, 0.05) is 46.0 Å². The molecule has 0 radical (unpaired) electrons. The predicted molar refractivity (Wildman–Crippen MR) is 242 cm³/mol. The smallest absolute Gasteiger partial charge is 0.321 e. The summed E-state index contributed by atoms with van der Waals surface area (Å²) >= 11 is 0. The van der Waals surface area contributed by atoms with Crippen LogP contribution in [0, 0.1) is 0 Å². The van der Waals surface area contributed by atoms with Crippen LogP contribution in [0.2, 0.25) is 0 Å². The Labute approximate surface area is 353 Å². The number of aliphatic imine (C=N–C) groups is 2. The van der Waals surface area contributed by atoms with Crippen molar-refractivity contribution in [1.29, 1.82) is 0 Å². The van der Waals surface area contributed by atoms with E-state index in [4.69, 9.17) is 4.79 Å². The molecule has 0 aliphatic heterocycles. The fourth-order valence-electron chi connectivity index (χ4n) is 6.24. The molecule has 59 heavy (non-hydrogen) atoms. The lowest BCUT2D eigenvalue weighted by Gasteiger charge is -2.23. The van der Waals surface area contributed by atoms with Crippen LogP contribution in [0.5, 0.6) is 0 Å². The largest absolute Gasteiger partial charge is 0.341 e.